The third-order valence-electron chi connectivity index (χ3n) is 2.68. The highest BCUT2D eigenvalue weighted by atomic mass is 35.5. The van der Waals surface area contributed by atoms with Gasteiger partial charge in [-0.05, 0) is 39.0 Å². The fourth-order valence-corrected chi connectivity index (χ4v) is 1.92. The van der Waals surface area contributed by atoms with Crippen LogP contribution in [0.1, 0.15) is 20.8 Å². The molecule has 104 valence electrons. The van der Waals surface area contributed by atoms with Crippen LogP contribution in [0.5, 0.6) is 0 Å². The summed E-state index contributed by atoms with van der Waals surface area (Å²) in [6.45, 7) is 6.01. The highest BCUT2D eigenvalue weighted by Gasteiger charge is 2.07. The summed E-state index contributed by atoms with van der Waals surface area (Å²) in [5, 5.41) is 4.43. The molecule has 0 aliphatic heterocycles. The van der Waals surface area contributed by atoms with Gasteiger partial charge in [0, 0.05) is 11.1 Å². The number of para-hydroxylation sites is 1. The lowest BCUT2D eigenvalue weighted by atomic mass is 10.2. The third kappa shape index (κ3) is 3.27. The molecule has 0 amide bonds. The van der Waals surface area contributed by atoms with Gasteiger partial charge in [-0.1, -0.05) is 29.3 Å². The largest absolute Gasteiger partial charge is 0.383 e. The molecule has 0 saturated heterocycles. The Morgan fingerprint density at radius 3 is 2.65 bits per heavy atom. The van der Waals surface area contributed by atoms with Crippen molar-refractivity contribution in [3.63, 3.8) is 0 Å². The molecule has 2 rings (SSSR count). The normalized spacial score (nSPS) is 11.5. The molecule has 0 saturated carbocycles. The van der Waals surface area contributed by atoms with Gasteiger partial charge in [-0.15, -0.1) is 0 Å². The van der Waals surface area contributed by atoms with Crippen LogP contribution in [0, 0.1) is 0 Å². The molecule has 5 heteroatoms. The number of nitrogens with zero attached hydrogens (tertiary/aromatic N) is 2. The van der Waals surface area contributed by atoms with Crippen molar-refractivity contribution < 1.29 is 0 Å². The Balaban J connectivity index is 2.39. The zero-order valence-corrected chi connectivity index (χ0v) is 12.5. The van der Waals surface area contributed by atoms with Crippen molar-refractivity contribution in [2.24, 2.45) is 0 Å². The number of aromatic nitrogens is 2. The Bertz CT molecular complexity index is 700. The number of anilines is 2. The molecule has 20 heavy (non-hydrogen) atoms. The number of halogens is 1. The van der Waals surface area contributed by atoms with Gasteiger partial charge in [0.15, 0.2) is 0 Å². The Morgan fingerprint density at radius 1 is 1.20 bits per heavy atom. The van der Waals surface area contributed by atoms with Crippen LogP contribution in [0.3, 0.4) is 0 Å². The van der Waals surface area contributed by atoms with E-state index in [1.54, 1.807) is 6.07 Å². The molecule has 0 aliphatic carbocycles. The summed E-state index contributed by atoms with van der Waals surface area (Å²) in [7, 11) is 0. The quantitative estimate of drug-likeness (QED) is 0.833. The topological polar surface area (TPSA) is 63.8 Å². The molecule has 3 N–H and O–H groups in total. The maximum absolute atomic E-state index is 6.14. The van der Waals surface area contributed by atoms with Gasteiger partial charge in [0.1, 0.15) is 5.82 Å². The van der Waals surface area contributed by atoms with Crippen molar-refractivity contribution in [3.05, 3.63) is 46.6 Å². The van der Waals surface area contributed by atoms with Crippen LogP contribution < -0.4 is 11.1 Å². The molecule has 0 aliphatic rings. The Labute approximate surface area is 123 Å². The number of benzene rings is 1. The minimum absolute atomic E-state index is 0.412. The van der Waals surface area contributed by atoms with E-state index in [-0.39, 0.29) is 0 Å². The van der Waals surface area contributed by atoms with E-state index in [2.05, 4.69) is 15.3 Å². The van der Waals surface area contributed by atoms with E-state index < -0.39 is 0 Å². The van der Waals surface area contributed by atoms with Gasteiger partial charge >= 0.3 is 0 Å². The molecular formula is C15H17ClN4. The van der Waals surface area contributed by atoms with Crippen molar-refractivity contribution >= 4 is 34.3 Å². The Kier molecular flexibility index (Phi) is 4.25. The van der Waals surface area contributed by atoms with E-state index in [9.17, 15) is 0 Å². The second-order valence-corrected chi connectivity index (χ2v) is 5.19. The van der Waals surface area contributed by atoms with Crippen LogP contribution in [0.4, 0.5) is 11.8 Å². The van der Waals surface area contributed by atoms with E-state index >= 15 is 0 Å². The predicted molar refractivity (Wildman–Crippen MR) is 85.8 cm³/mol. The number of rotatable bonds is 3. The lowest BCUT2D eigenvalue weighted by molar-refractivity contribution is 1.18. The van der Waals surface area contributed by atoms with Gasteiger partial charge in [-0.3, -0.25) is 0 Å². The zero-order valence-electron chi connectivity index (χ0n) is 11.7. The number of nitrogens with one attached hydrogen (secondary N) is 1. The minimum Gasteiger partial charge on any atom is -0.383 e. The zero-order chi connectivity index (χ0) is 14.7. The van der Waals surface area contributed by atoms with Gasteiger partial charge in [0.05, 0.1) is 10.5 Å². The van der Waals surface area contributed by atoms with Gasteiger partial charge < -0.3 is 11.1 Å². The van der Waals surface area contributed by atoms with Crippen molar-refractivity contribution in [1.29, 1.82) is 0 Å². The van der Waals surface area contributed by atoms with E-state index in [1.807, 2.05) is 45.1 Å². The molecule has 2 aromatic rings. The Hall–Kier alpha value is -2.07. The average molecular weight is 289 g/mol. The predicted octanol–water partition coefficient (Wildman–Crippen LogP) is 4.15. The fraction of sp³-hybridized carbons (Fsp3) is 0.200. The summed E-state index contributed by atoms with van der Waals surface area (Å²) in [6, 6.07) is 5.47. The summed E-state index contributed by atoms with van der Waals surface area (Å²) >= 11 is 6.14. The van der Waals surface area contributed by atoms with Crippen molar-refractivity contribution in [2.45, 2.75) is 20.8 Å². The summed E-state index contributed by atoms with van der Waals surface area (Å²) in [6.07, 6.45) is 3.98. The smallest absolute Gasteiger partial charge is 0.229 e. The molecule has 0 atom stereocenters. The molecule has 0 radical (unpaired) electrons. The van der Waals surface area contributed by atoms with Gasteiger partial charge in [-0.25, -0.2) is 4.98 Å². The summed E-state index contributed by atoms with van der Waals surface area (Å²) in [5.74, 6) is 0.856. The van der Waals surface area contributed by atoms with Gasteiger partial charge in [-0.2, -0.15) is 4.98 Å². The summed E-state index contributed by atoms with van der Waals surface area (Å²) in [4.78, 5) is 8.65. The molecule has 1 aromatic carbocycles. The third-order valence-corrected chi connectivity index (χ3v) is 2.99. The highest BCUT2D eigenvalue weighted by Crippen LogP contribution is 2.26. The van der Waals surface area contributed by atoms with E-state index in [0.717, 1.165) is 11.1 Å². The molecule has 0 bridgehead atoms. The van der Waals surface area contributed by atoms with Crippen LogP contribution in [-0.2, 0) is 0 Å². The Morgan fingerprint density at radius 2 is 1.95 bits per heavy atom. The number of hydrogen-bond donors (Lipinski definition) is 2. The minimum atomic E-state index is 0.412. The molecule has 0 unspecified atom stereocenters. The molecular weight excluding hydrogens is 272 g/mol. The first-order valence-corrected chi connectivity index (χ1v) is 6.65. The fourth-order valence-electron chi connectivity index (χ4n) is 1.71. The SMILES string of the molecule is CC(C)=C/C=C(\C)Nc1nc(N)c2cccc(Cl)c2n1. The highest BCUT2D eigenvalue weighted by molar-refractivity contribution is 6.35. The standard InChI is InChI=1S/C15H17ClN4/c1-9(2)7-8-10(3)18-15-19-13-11(14(17)20-15)5-4-6-12(13)16/h4-8H,1-3H3,(H3,17,18,19,20)/b10-8+. The second-order valence-electron chi connectivity index (χ2n) is 4.79. The number of nitrogens with two attached hydrogens (primary N) is 1. The van der Waals surface area contributed by atoms with Crippen molar-refractivity contribution in [3.8, 4) is 0 Å². The number of hydrogen-bond acceptors (Lipinski definition) is 4. The molecule has 0 spiro atoms. The summed E-state index contributed by atoms with van der Waals surface area (Å²) < 4.78 is 0. The first-order valence-electron chi connectivity index (χ1n) is 6.28. The maximum Gasteiger partial charge on any atom is 0.229 e. The van der Waals surface area contributed by atoms with Gasteiger partial charge in [0.2, 0.25) is 5.95 Å². The monoisotopic (exact) mass is 288 g/mol. The lowest BCUT2D eigenvalue weighted by Crippen LogP contribution is -2.04. The first kappa shape index (κ1) is 14.3. The van der Waals surface area contributed by atoms with Gasteiger partial charge in [0.25, 0.3) is 0 Å². The number of allylic oxidation sites excluding steroid dienone is 4. The van der Waals surface area contributed by atoms with Crippen LogP contribution in [0.25, 0.3) is 10.9 Å². The molecule has 0 fully saturated rings. The van der Waals surface area contributed by atoms with Crippen LogP contribution in [-0.4, -0.2) is 9.97 Å². The van der Waals surface area contributed by atoms with Crippen LogP contribution in [0.2, 0.25) is 5.02 Å². The average Bonchev–Trinajstić information content (AvgIpc) is 2.38. The van der Waals surface area contributed by atoms with E-state index in [0.29, 0.717) is 22.3 Å². The second kappa shape index (κ2) is 5.92. The van der Waals surface area contributed by atoms with Crippen LogP contribution >= 0.6 is 11.6 Å². The van der Waals surface area contributed by atoms with Crippen molar-refractivity contribution in [1.82, 2.24) is 9.97 Å². The van der Waals surface area contributed by atoms with E-state index in [4.69, 9.17) is 17.3 Å². The van der Waals surface area contributed by atoms with E-state index in [1.165, 1.54) is 5.57 Å². The van der Waals surface area contributed by atoms with Crippen LogP contribution in [0.15, 0.2) is 41.6 Å². The molecule has 4 nitrogen and oxygen atoms in total. The summed E-state index contributed by atoms with van der Waals surface area (Å²) in [5.41, 5.74) is 8.74. The number of nitrogen functional groups attached to an aromatic ring is 1. The maximum atomic E-state index is 6.14. The number of fused-ring (bicyclic) bond motifs is 1. The first-order chi connectivity index (χ1) is 9.47. The van der Waals surface area contributed by atoms with Crippen molar-refractivity contribution in [2.75, 3.05) is 11.1 Å². The molecule has 1 heterocycles. The lowest BCUT2D eigenvalue weighted by Gasteiger charge is -2.08. The molecule has 1 aromatic heterocycles.